The van der Waals surface area contributed by atoms with Gasteiger partial charge in [-0.3, -0.25) is 0 Å². The van der Waals surface area contributed by atoms with Crippen molar-refractivity contribution in [2.24, 2.45) is 0 Å². The predicted molar refractivity (Wildman–Crippen MR) is 70.6 cm³/mol. The second-order valence-electron chi connectivity index (χ2n) is 5.16. The van der Waals surface area contributed by atoms with Crippen LogP contribution in [0.2, 0.25) is 0 Å². The fraction of sp³-hybridized carbons (Fsp3) is 0.267. The molecule has 2 heterocycles. The van der Waals surface area contributed by atoms with Crippen LogP contribution < -0.4 is 4.74 Å². The number of fused-ring (bicyclic) bond motifs is 2. The van der Waals surface area contributed by atoms with Gasteiger partial charge in [-0.05, 0) is 38.5 Å². The van der Waals surface area contributed by atoms with Gasteiger partial charge in [0.25, 0.3) is 0 Å². The Bertz CT molecular complexity index is 723. The standard InChI is InChI=1S/C15H14N2O/c1-10-16-11-6-5-7-12-14(11)17(10)15(2)9-4-3-8-13(15)18-12/h3-8H,9H2,1-2H3. The summed E-state index contributed by atoms with van der Waals surface area (Å²) in [4.78, 5) is 4.65. The molecular formula is C15H14N2O. The molecule has 1 aliphatic carbocycles. The molecule has 1 atom stereocenters. The first-order valence-electron chi connectivity index (χ1n) is 6.24. The fourth-order valence-corrected chi connectivity index (χ4v) is 3.10. The zero-order chi connectivity index (χ0) is 12.3. The average molecular weight is 238 g/mol. The number of aryl methyl sites for hydroxylation is 1. The fourth-order valence-electron chi connectivity index (χ4n) is 3.10. The Morgan fingerprint density at radius 2 is 2.28 bits per heavy atom. The Hall–Kier alpha value is -2.03. The molecule has 1 aliphatic heterocycles. The van der Waals surface area contributed by atoms with Crippen molar-refractivity contribution in [2.75, 3.05) is 0 Å². The molecule has 0 amide bonds. The molecule has 1 aromatic heterocycles. The van der Waals surface area contributed by atoms with E-state index in [1.54, 1.807) is 0 Å². The number of benzene rings is 1. The number of imidazole rings is 1. The summed E-state index contributed by atoms with van der Waals surface area (Å²) in [5, 5.41) is 0. The maximum atomic E-state index is 6.07. The lowest BCUT2D eigenvalue weighted by atomic mass is 9.89. The normalized spacial score (nSPS) is 24.7. The van der Waals surface area contributed by atoms with Gasteiger partial charge in [-0.1, -0.05) is 18.2 Å². The summed E-state index contributed by atoms with van der Waals surface area (Å²) in [5.74, 6) is 2.96. The van der Waals surface area contributed by atoms with Crippen molar-refractivity contribution in [3.8, 4) is 5.75 Å². The number of aromatic nitrogens is 2. The SMILES string of the molecule is Cc1nc2cccc3c2n1C1(C)CC=CC=C1O3. The van der Waals surface area contributed by atoms with E-state index >= 15 is 0 Å². The first kappa shape index (κ1) is 9.95. The highest BCUT2D eigenvalue weighted by Crippen LogP contribution is 2.44. The first-order valence-corrected chi connectivity index (χ1v) is 6.24. The number of hydrogen-bond acceptors (Lipinski definition) is 2. The summed E-state index contributed by atoms with van der Waals surface area (Å²) in [6, 6.07) is 6.05. The molecular weight excluding hydrogens is 224 g/mol. The number of hydrogen-bond donors (Lipinski definition) is 0. The third-order valence-corrected chi connectivity index (χ3v) is 3.95. The molecule has 1 aromatic carbocycles. The molecule has 90 valence electrons. The predicted octanol–water partition coefficient (Wildman–Crippen LogP) is 3.30. The molecule has 2 aromatic rings. The topological polar surface area (TPSA) is 27.1 Å². The second-order valence-corrected chi connectivity index (χ2v) is 5.16. The lowest BCUT2D eigenvalue weighted by Gasteiger charge is -2.39. The molecule has 0 radical (unpaired) electrons. The van der Waals surface area contributed by atoms with E-state index in [0.717, 1.165) is 34.8 Å². The summed E-state index contributed by atoms with van der Waals surface area (Å²) < 4.78 is 8.39. The molecule has 18 heavy (non-hydrogen) atoms. The summed E-state index contributed by atoms with van der Waals surface area (Å²) in [6.07, 6.45) is 7.25. The van der Waals surface area contributed by atoms with Gasteiger partial charge in [-0.25, -0.2) is 4.98 Å². The summed E-state index contributed by atoms with van der Waals surface area (Å²) in [6.45, 7) is 4.28. The molecule has 0 N–H and O–H groups in total. The Morgan fingerprint density at radius 3 is 3.17 bits per heavy atom. The van der Waals surface area contributed by atoms with Crippen LogP contribution in [-0.2, 0) is 5.54 Å². The van der Waals surface area contributed by atoms with Crippen LogP contribution in [0.3, 0.4) is 0 Å². The van der Waals surface area contributed by atoms with E-state index in [0.29, 0.717) is 0 Å². The molecule has 0 fully saturated rings. The van der Waals surface area contributed by atoms with E-state index in [1.165, 1.54) is 0 Å². The van der Waals surface area contributed by atoms with Gasteiger partial charge < -0.3 is 9.30 Å². The van der Waals surface area contributed by atoms with Crippen LogP contribution in [0, 0.1) is 6.92 Å². The van der Waals surface area contributed by atoms with Crippen molar-refractivity contribution in [3.63, 3.8) is 0 Å². The molecule has 2 aliphatic rings. The minimum absolute atomic E-state index is 0.137. The van der Waals surface area contributed by atoms with Crippen molar-refractivity contribution in [2.45, 2.75) is 25.8 Å². The zero-order valence-electron chi connectivity index (χ0n) is 10.5. The van der Waals surface area contributed by atoms with Crippen LogP contribution in [0.5, 0.6) is 5.75 Å². The van der Waals surface area contributed by atoms with Crippen molar-refractivity contribution in [1.29, 1.82) is 0 Å². The molecule has 4 rings (SSSR count). The van der Waals surface area contributed by atoms with Crippen LogP contribution in [0.4, 0.5) is 0 Å². The van der Waals surface area contributed by atoms with Gasteiger partial charge in [0.15, 0.2) is 5.75 Å². The Kier molecular flexibility index (Phi) is 1.68. The van der Waals surface area contributed by atoms with E-state index in [4.69, 9.17) is 4.74 Å². The van der Waals surface area contributed by atoms with Crippen molar-refractivity contribution < 1.29 is 4.74 Å². The number of para-hydroxylation sites is 1. The van der Waals surface area contributed by atoms with Crippen LogP contribution in [0.1, 0.15) is 19.2 Å². The number of nitrogens with zero attached hydrogens (tertiary/aromatic N) is 2. The molecule has 3 heteroatoms. The lowest BCUT2D eigenvalue weighted by Crippen LogP contribution is -2.38. The zero-order valence-corrected chi connectivity index (χ0v) is 10.5. The lowest BCUT2D eigenvalue weighted by molar-refractivity contribution is 0.235. The Labute approximate surface area is 105 Å². The van der Waals surface area contributed by atoms with Crippen molar-refractivity contribution >= 4 is 11.0 Å². The molecule has 0 saturated carbocycles. The molecule has 3 nitrogen and oxygen atoms in total. The van der Waals surface area contributed by atoms with Gasteiger partial charge in [-0.2, -0.15) is 0 Å². The average Bonchev–Trinajstić information content (AvgIpc) is 2.70. The van der Waals surface area contributed by atoms with Crippen LogP contribution in [0.25, 0.3) is 11.0 Å². The highest BCUT2D eigenvalue weighted by atomic mass is 16.5. The molecule has 0 bridgehead atoms. The number of rotatable bonds is 0. The minimum atomic E-state index is -0.137. The van der Waals surface area contributed by atoms with E-state index in [-0.39, 0.29) is 5.54 Å². The monoisotopic (exact) mass is 238 g/mol. The highest BCUT2D eigenvalue weighted by Gasteiger charge is 2.40. The van der Waals surface area contributed by atoms with Gasteiger partial charge in [-0.15, -0.1) is 0 Å². The smallest absolute Gasteiger partial charge is 0.153 e. The summed E-state index contributed by atoms with van der Waals surface area (Å²) in [7, 11) is 0. The van der Waals surface area contributed by atoms with Crippen LogP contribution in [0.15, 0.2) is 42.2 Å². The van der Waals surface area contributed by atoms with E-state index in [9.17, 15) is 0 Å². The van der Waals surface area contributed by atoms with E-state index in [1.807, 2.05) is 18.2 Å². The highest BCUT2D eigenvalue weighted by molar-refractivity contribution is 5.84. The number of ether oxygens (including phenoxy) is 1. The maximum absolute atomic E-state index is 6.07. The summed E-state index contributed by atoms with van der Waals surface area (Å²) in [5.41, 5.74) is 1.99. The summed E-state index contributed by atoms with van der Waals surface area (Å²) >= 11 is 0. The number of allylic oxidation sites excluding steroid dienone is 4. The van der Waals surface area contributed by atoms with Crippen LogP contribution >= 0.6 is 0 Å². The third kappa shape index (κ3) is 1.02. The molecule has 0 saturated heterocycles. The second kappa shape index (κ2) is 3.05. The van der Waals surface area contributed by atoms with E-state index < -0.39 is 0 Å². The molecule has 1 unspecified atom stereocenters. The Morgan fingerprint density at radius 1 is 1.39 bits per heavy atom. The first-order chi connectivity index (χ1) is 8.70. The van der Waals surface area contributed by atoms with Crippen molar-refractivity contribution in [1.82, 2.24) is 9.55 Å². The van der Waals surface area contributed by atoms with Crippen molar-refractivity contribution in [3.05, 3.63) is 48.0 Å². The quantitative estimate of drug-likeness (QED) is 0.704. The van der Waals surface area contributed by atoms with Crippen LogP contribution in [-0.4, -0.2) is 9.55 Å². The van der Waals surface area contributed by atoms with Gasteiger partial charge in [0.2, 0.25) is 0 Å². The largest absolute Gasteiger partial charge is 0.457 e. The van der Waals surface area contributed by atoms with Gasteiger partial charge in [0.05, 0.1) is 5.52 Å². The minimum Gasteiger partial charge on any atom is -0.457 e. The Balaban J connectivity index is 2.16. The van der Waals surface area contributed by atoms with E-state index in [2.05, 4.69) is 41.6 Å². The maximum Gasteiger partial charge on any atom is 0.153 e. The molecule has 0 spiro atoms. The van der Waals surface area contributed by atoms with Gasteiger partial charge >= 0.3 is 0 Å². The van der Waals surface area contributed by atoms with Gasteiger partial charge in [0.1, 0.15) is 22.6 Å². The van der Waals surface area contributed by atoms with Gasteiger partial charge in [0, 0.05) is 0 Å². The third-order valence-electron chi connectivity index (χ3n) is 3.95.